The SMILES string of the molecule is Cc1cc(C)n2nc(C(=O)N3CCC(Cn4c(C)nc5ccccc54)CC3)nc2n1. The van der Waals surface area contributed by atoms with Crippen molar-refractivity contribution in [1.82, 2.24) is 34.0 Å². The molecule has 154 valence electrons. The van der Waals surface area contributed by atoms with Crippen LogP contribution in [0, 0.1) is 26.7 Å². The van der Waals surface area contributed by atoms with E-state index in [2.05, 4.69) is 49.7 Å². The van der Waals surface area contributed by atoms with Crippen LogP contribution in [0.25, 0.3) is 16.8 Å². The van der Waals surface area contributed by atoms with Gasteiger partial charge in [0.1, 0.15) is 5.82 Å². The van der Waals surface area contributed by atoms with E-state index in [9.17, 15) is 4.79 Å². The van der Waals surface area contributed by atoms with Gasteiger partial charge in [0.15, 0.2) is 0 Å². The number of fused-ring (bicyclic) bond motifs is 2. The summed E-state index contributed by atoms with van der Waals surface area (Å²) in [5.74, 6) is 2.16. The molecule has 0 spiro atoms. The fourth-order valence-electron chi connectivity index (χ4n) is 4.40. The van der Waals surface area contributed by atoms with Crippen LogP contribution in [0.3, 0.4) is 0 Å². The first-order chi connectivity index (χ1) is 14.5. The number of piperidine rings is 1. The number of carbonyl (C=O) groups excluding carboxylic acids is 1. The minimum atomic E-state index is -0.111. The molecule has 0 atom stereocenters. The van der Waals surface area contributed by atoms with Crippen molar-refractivity contribution in [1.29, 1.82) is 0 Å². The van der Waals surface area contributed by atoms with Crippen molar-refractivity contribution in [2.24, 2.45) is 5.92 Å². The molecule has 0 N–H and O–H groups in total. The van der Waals surface area contributed by atoms with E-state index in [0.717, 1.165) is 55.2 Å². The molecule has 1 aliphatic rings. The summed E-state index contributed by atoms with van der Waals surface area (Å²) < 4.78 is 3.94. The van der Waals surface area contributed by atoms with Crippen molar-refractivity contribution in [3.8, 4) is 0 Å². The first kappa shape index (κ1) is 18.7. The maximum Gasteiger partial charge on any atom is 0.293 e. The van der Waals surface area contributed by atoms with Gasteiger partial charge in [0.2, 0.25) is 5.82 Å². The standard InChI is InChI=1S/C22H25N7O/c1-14-12-15(2)29-22(23-14)25-20(26-29)21(30)27-10-8-17(9-11-27)13-28-16(3)24-18-6-4-5-7-19(18)28/h4-7,12,17H,8-11,13H2,1-3H3. The van der Waals surface area contributed by atoms with E-state index in [1.807, 2.05) is 30.9 Å². The zero-order valence-electron chi connectivity index (χ0n) is 17.5. The first-order valence-corrected chi connectivity index (χ1v) is 10.4. The topological polar surface area (TPSA) is 81.2 Å². The van der Waals surface area contributed by atoms with Gasteiger partial charge in [-0.1, -0.05) is 12.1 Å². The lowest BCUT2D eigenvalue weighted by Crippen LogP contribution is -2.39. The highest BCUT2D eigenvalue weighted by Gasteiger charge is 2.27. The molecule has 4 aromatic rings. The van der Waals surface area contributed by atoms with Crippen molar-refractivity contribution < 1.29 is 4.79 Å². The molecule has 0 aliphatic carbocycles. The van der Waals surface area contributed by atoms with Gasteiger partial charge in [-0.05, 0) is 57.7 Å². The number of hydrogen-bond donors (Lipinski definition) is 0. The highest BCUT2D eigenvalue weighted by atomic mass is 16.2. The van der Waals surface area contributed by atoms with Gasteiger partial charge in [-0.2, -0.15) is 4.98 Å². The molecule has 0 saturated carbocycles. The van der Waals surface area contributed by atoms with Crippen LogP contribution in [0.2, 0.25) is 0 Å². The molecular weight excluding hydrogens is 378 g/mol. The lowest BCUT2D eigenvalue weighted by molar-refractivity contribution is 0.0671. The van der Waals surface area contributed by atoms with E-state index in [4.69, 9.17) is 0 Å². The van der Waals surface area contributed by atoms with Crippen LogP contribution in [0.1, 0.15) is 40.7 Å². The number of benzene rings is 1. The van der Waals surface area contributed by atoms with Crippen molar-refractivity contribution >= 4 is 22.7 Å². The Kier molecular flexibility index (Phi) is 4.49. The number of aryl methyl sites for hydroxylation is 3. The predicted molar refractivity (Wildman–Crippen MR) is 113 cm³/mol. The minimum absolute atomic E-state index is 0.111. The third-order valence-corrected chi connectivity index (χ3v) is 6.00. The Morgan fingerprint density at radius 2 is 1.83 bits per heavy atom. The number of amides is 1. The summed E-state index contributed by atoms with van der Waals surface area (Å²) >= 11 is 0. The summed E-state index contributed by atoms with van der Waals surface area (Å²) in [4.78, 5) is 28.3. The molecule has 1 fully saturated rings. The van der Waals surface area contributed by atoms with E-state index in [-0.39, 0.29) is 11.7 Å². The van der Waals surface area contributed by atoms with Gasteiger partial charge in [0.25, 0.3) is 11.7 Å². The first-order valence-electron chi connectivity index (χ1n) is 10.4. The lowest BCUT2D eigenvalue weighted by Gasteiger charge is -2.31. The van der Waals surface area contributed by atoms with E-state index >= 15 is 0 Å². The van der Waals surface area contributed by atoms with Gasteiger partial charge >= 0.3 is 0 Å². The largest absolute Gasteiger partial charge is 0.336 e. The summed E-state index contributed by atoms with van der Waals surface area (Å²) in [5, 5.41) is 4.39. The molecule has 0 bridgehead atoms. The number of imidazole rings is 1. The molecule has 3 aromatic heterocycles. The highest BCUT2D eigenvalue weighted by Crippen LogP contribution is 2.24. The molecule has 1 amide bonds. The Bertz CT molecular complexity index is 1250. The van der Waals surface area contributed by atoms with Gasteiger partial charge in [0, 0.05) is 31.0 Å². The normalized spacial score (nSPS) is 15.4. The molecule has 0 radical (unpaired) electrons. The second kappa shape index (κ2) is 7.19. The Morgan fingerprint density at radius 1 is 1.07 bits per heavy atom. The molecule has 5 rings (SSSR count). The summed E-state index contributed by atoms with van der Waals surface area (Å²) in [7, 11) is 0. The molecular formula is C22H25N7O. The highest BCUT2D eigenvalue weighted by molar-refractivity contribution is 5.91. The molecule has 30 heavy (non-hydrogen) atoms. The molecule has 1 aromatic carbocycles. The molecule has 8 nitrogen and oxygen atoms in total. The van der Waals surface area contributed by atoms with Crippen molar-refractivity contribution in [2.75, 3.05) is 13.1 Å². The average Bonchev–Trinajstić information content (AvgIpc) is 3.29. The summed E-state index contributed by atoms with van der Waals surface area (Å²) in [6, 6.07) is 10.2. The minimum Gasteiger partial charge on any atom is -0.336 e. The van der Waals surface area contributed by atoms with Gasteiger partial charge in [0.05, 0.1) is 11.0 Å². The average molecular weight is 403 g/mol. The van der Waals surface area contributed by atoms with Crippen molar-refractivity contribution in [3.63, 3.8) is 0 Å². The Balaban J connectivity index is 1.28. The van der Waals surface area contributed by atoms with E-state index < -0.39 is 0 Å². The zero-order valence-corrected chi connectivity index (χ0v) is 17.5. The molecule has 1 saturated heterocycles. The number of rotatable bonds is 3. The van der Waals surface area contributed by atoms with Crippen LogP contribution in [-0.2, 0) is 6.54 Å². The van der Waals surface area contributed by atoms with Crippen LogP contribution >= 0.6 is 0 Å². The van der Waals surface area contributed by atoms with Crippen molar-refractivity contribution in [2.45, 2.75) is 40.2 Å². The second-order valence-electron chi connectivity index (χ2n) is 8.18. The van der Waals surface area contributed by atoms with Crippen LogP contribution in [-0.4, -0.2) is 53.0 Å². The number of carbonyl (C=O) groups is 1. The number of nitrogens with zero attached hydrogens (tertiary/aromatic N) is 7. The Morgan fingerprint density at radius 3 is 2.63 bits per heavy atom. The predicted octanol–water partition coefficient (Wildman–Crippen LogP) is 2.95. The maximum absolute atomic E-state index is 13.0. The third kappa shape index (κ3) is 3.22. The van der Waals surface area contributed by atoms with Gasteiger partial charge in [-0.15, -0.1) is 5.10 Å². The second-order valence-corrected chi connectivity index (χ2v) is 8.18. The molecule has 0 unspecified atom stereocenters. The third-order valence-electron chi connectivity index (χ3n) is 6.00. The van der Waals surface area contributed by atoms with Crippen LogP contribution < -0.4 is 0 Å². The van der Waals surface area contributed by atoms with Crippen LogP contribution in [0.4, 0.5) is 0 Å². The van der Waals surface area contributed by atoms with E-state index in [1.54, 1.807) is 4.52 Å². The molecule has 4 heterocycles. The number of likely N-dealkylation sites (tertiary alicyclic amines) is 1. The molecule has 1 aliphatic heterocycles. The summed E-state index contributed by atoms with van der Waals surface area (Å²) in [5.41, 5.74) is 4.01. The number of para-hydroxylation sites is 2. The van der Waals surface area contributed by atoms with E-state index in [1.165, 1.54) is 5.52 Å². The van der Waals surface area contributed by atoms with Crippen LogP contribution in [0.5, 0.6) is 0 Å². The van der Waals surface area contributed by atoms with Gasteiger partial charge in [-0.3, -0.25) is 4.79 Å². The fourth-order valence-corrected chi connectivity index (χ4v) is 4.40. The van der Waals surface area contributed by atoms with E-state index in [0.29, 0.717) is 11.7 Å². The van der Waals surface area contributed by atoms with Gasteiger partial charge in [-0.25, -0.2) is 14.5 Å². The van der Waals surface area contributed by atoms with Gasteiger partial charge < -0.3 is 9.47 Å². The quantitative estimate of drug-likeness (QED) is 0.525. The van der Waals surface area contributed by atoms with Crippen LogP contribution in [0.15, 0.2) is 30.3 Å². The summed E-state index contributed by atoms with van der Waals surface area (Å²) in [6.45, 7) is 8.29. The Labute approximate surface area is 174 Å². The van der Waals surface area contributed by atoms with Crippen molar-refractivity contribution in [3.05, 3.63) is 53.4 Å². The maximum atomic E-state index is 13.0. The number of aromatic nitrogens is 6. The molecule has 8 heteroatoms. The monoisotopic (exact) mass is 403 g/mol. The number of hydrogen-bond acceptors (Lipinski definition) is 5. The fraction of sp³-hybridized carbons (Fsp3) is 0.409. The summed E-state index contributed by atoms with van der Waals surface area (Å²) in [6.07, 6.45) is 1.92. The zero-order chi connectivity index (χ0) is 20.8. The Hall–Kier alpha value is -3.29. The smallest absolute Gasteiger partial charge is 0.293 e. The lowest BCUT2D eigenvalue weighted by atomic mass is 9.96.